The first-order valence-electron chi connectivity index (χ1n) is 10.6. The molecule has 0 saturated heterocycles. The molecule has 0 fully saturated rings. The third-order valence-electron chi connectivity index (χ3n) is 6.32. The third-order valence-corrected chi connectivity index (χ3v) is 6.32. The van der Waals surface area contributed by atoms with Crippen LogP contribution in [0.5, 0.6) is 5.75 Å². The zero-order chi connectivity index (χ0) is 20.6. The van der Waals surface area contributed by atoms with Gasteiger partial charge in [-0.1, -0.05) is 54.6 Å². The van der Waals surface area contributed by atoms with Crippen molar-refractivity contribution in [2.75, 3.05) is 25.1 Å². The van der Waals surface area contributed by atoms with Crippen molar-refractivity contribution < 1.29 is 14.4 Å². The standard InChI is InChI=1S/C26H27N2O2/c1-30-24-16-14-23(15-17-24)27-19-26(29,28-18-6-5-9-25(27)28)22-12-10-21(11-13-22)20-7-3-2-4-8-20/h2-4,7-8,10-17,29H,5-6,9,18-19H2,1H3/q+1/t26-/m0/s1. The Morgan fingerprint density at radius 2 is 1.57 bits per heavy atom. The predicted molar refractivity (Wildman–Crippen MR) is 120 cm³/mol. The van der Waals surface area contributed by atoms with Gasteiger partial charge in [-0.15, -0.1) is 0 Å². The van der Waals surface area contributed by atoms with Crippen LogP contribution < -0.4 is 9.64 Å². The molecule has 3 aromatic rings. The fraction of sp³-hybridized carbons (Fsp3) is 0.269. The number of rotatable bonds is 4. The first kappa shape index (κ1) is 18.9. The van der Waals surface area contributed by atoms with E-state index in [4.69, 9.17) is 4.74 Å². The van der Waals surface area contributed by atoms with E-state index in [9.17, 15) is 5.11 Å². The summed E-state index contributed by atoms with van der Waals surface area (Å²) in [6, 6.07) is 26.8. The van der Waals surface area contributed by atoms with Crippen LogP contribution in [0.15, 0.2) is 78.9 Å². The molecule has 4 nitrogen and oxygen atoms in total. The molecular weight excluding hydrogens is 372 g/mol. The summed E-state index contributed by atoms with van der Waals surface area (Å²) in [6.07, 6.45) is 3.24. The van der Waals surface area contributed by atoms with Gasteiger partial charge >= 0.3 is 0 Å². The molecular formula is C26H27N2O2+. The van der Waals surface area contributed by atoms with Gasteiger partial charge in [-0.3, -0.25) is 0 Å². The van der Waals surface area contributed by atoms with E-state index in [1.807, 2.05) is 18.2 Å². The Balaban J connectivity index is 1.50. The molecule has 2 heterocycles. The van der Waals surface area contributed by atoms with Gasteiger partial charge in [0.2, 0.25) is 0 Å². The highest BCUT2D eigenvalue weighted by molar-refractivity contribution is 5.96. The smallest absolute Gasteiger partial charge is 0.271 e. The van der Waals surface area contributed by atoms with Crippen LogP contribution in [-0.2, 0) is 5.72 Å². The number of hydrogen-bond acceptors (Lipinski definition) is 3. The fourth-order valence-electron chi connectivity index (χ4n) is 4.70. The van der Waals surface area contributed by atoms with Crippen molar-refractivity contribution in [1.82, 2.24) is 0 Å². The highest BCUT2D eigenvalue weighted by Crippen LogP contribution is 2.36. The van der Waals surface area contributed by atoms with Gasteiger partial charge in [-0.05, 0) is 48.2 Å². The van der Waals surface area contributed by atoms with Gasteiger partial charge in [0.25, 0.3) is 11.6 Å². The van der Waals surface area contributed by atoms with Gasteiger partial charge in [0.1, 0.15) is 11.4 Å². The maximum Gasteiger partial charge on any atom is 0.271 e. The van der Waals surface area contributed by atoms with Crippen LogP contribution in [0.3, 0.4) is 0 Å². The molecule has 0 unspecified atom stereocenters. The van der Waals surface area contributed by atoms with E-state index in [-0.39, 0.29) is 0 Å². The highest BCUT2D eigenvalue weighted by atomic mass is 16.5. The number of hydrogen-bond donors (Lipinski definition) is 1. The van der Waals surface area contributed by atoms with Crippen LogP contribution in [0.1, 0.15) is 24.8 Å². The molecule has 4 heteroatoms. The quantitative estimate of drug-likeness (QED) is 0.650. The fourth-order valence-corrected chi connectivity index (χ4v) is 4.70. The van der Waals surface area contributed by atoms with E-state index in [0.29, 0.717) is 6.54 Å². The molecule has 1 atom stereocenters. The number of aliphatic hydroxyl groups is 1. The maximum absolute atomic E-state index is 11.9. The molecule has 2 aliphatic rings. The zero-order valence-electron chi connectivity index (χ0n) is 17.3. The van der Waals surface area contributed by atoms with Gasteiger partial charge < -0.3 is 9.84 Å². The van der Waals surface area contributed by atoms with Gasteiger partial charge in [0.05, 0.1) is 13.7 Å². The SMILES string of the molecule is COc1ccc(N2C[C@](O)(c3ccc(-c4ccccc4)cc3)[N+]3=C2CCCC3)cc1. The van der Waals surface area contributed by atoms with Crippen molar-refractivity contribution in [3.63, 3.8) is 0 Å². The topological polar surface area (TPSA) is 35.7 Å². The van der Waals surface area contributed by atoms with Crippen molar-refractivity contribution in [3.8, 4) is 16.9 Å². The van der Waals surface area contributed by atoms with E-state index in [1.165, 1.54) is 11.4 Å². The molecule has 152 valence electrons. The Hall–Kier alpha value is -3.11. The Morgan fingerprint density at radius 1 is 0.867 bits per heavy atom. The van der Waals surface area contributed by atoms with E-state index < -0.39 is 5.72 Å². The number of anilines is 1. The lowest BCUT2D eigenvalue weighted by Crippen LogP contribution is -2.41. The van der Waals surface area contributed by atoms with Crippen molar-refractivity contribution in [2.24, 2.45) is 0 Å². The van der Waals surface area contributed by atoms with Crippen LogP contribution in [0.2, 0.25) is 0 Å². The van der Waals surface area contributed by atoms with Crippen LogP contribution >= 0.6 is 0 Å². The van der Waals surface area contributed by atoms with Crippen LogP contribution in [-0.4, -0.2) is 35.7 Å². The largest absolute Gasteiger partial charge is 0.497 e. The summed E-state index contributed by atoms with van der Waals surface area (Å²) in [5.74, 6) is 2.05. The maximum atomic E-state index is 11.9. The third kappa shape index (κ3) is 3.17. The molecule has 5 rings (SSSR count). The van der Waals surface area contributed by atoms with Gasteiger partial charge in [-0.2, -0.15) is 0 Å². The summed E-state index contributed by atoms with van der Waals surface area (Å²) in [4.78, 5) is 2.27. The summed E-state index contributed by atoms with van der Waals surface area (Å²) in [5, 5.41) is 11.9. The summed E-state index contributed by atoms with van der Waals surface area (Å²) in [7, 11) is 1.68. The molecule has 0 aromatic heterocycles. The van der Waals surface area contributed by atoms with Gasteiger partial charge in [0, 0.05) is 12.0 Å². The molecule has 30 heavy (non-hydrogen) atoms. The minimum atomic E-state index is -1.02. The van der Waals surface area contributed by atoms with E-state index in [0.717, 1.165) is 48.4 Å². The van der Waals surface area contributed by atoms with Crippen molar-refractivity contribution in [2.45, 2.75) is 25.0 Å². The van der Waals surface area contributed by atoms with E-state index in [2.05, 4.69) is 70.1 Å². The van der Waals surface area contributed by atoms with Crippen molar-refractivity contribution in [3.05, 3.63) is 84.4 Å². The molecule has 0 amide bonds. The number of methoxy groups -OCH3 is 1. The highest BCUT2D eigenvalue weighted by Gasteiger charge is 2.52. The molecule has 0 aliphatic carbocycles. The normalized spacial score (nSPS) is 20.9. The second kappa shape index (κ2) is 7.62. The van der Waals surface area contributed by atoms with E-state index in [1.54, 1.807) is 7.11 Å². The molecule has 1 N–H and O–H groups in total. The molecule has 2 aliphatic heterocycles. The summed E-state index contributed by atoms with van der Waals surface area (Å²) in [5.41, 5.74) is 3.36. The molecule has 0 spiro atoms. The molecule has 0 radical (unpaired) electrons. The molecule has 3 aromatic carbocycles. The number of nitrogens with zero attached hydrogens (tertiary/aromatic N) is 2. The lowest BCUT2D eigenvalue weighted by atomic mass is 9.97. The first-order valence-corrected chi connectivity index (χ1v) is 10.6. The van der Waals surface area contributed by atoms with Crippen molar-refractivity contribution in [1.29, 1.82) is 0 Å². The number of amidine groups is 1. The Morgan fingerprint density at radius 3 is 2.27 bits per heavy atom. The van der Waals surface area contributed by atoms with Crippen LogP contribution in [0.25, 0.3) is 11.1 Å². The monoisotopic (exact) mass is 399 g/mol. The first-order chi connectivity index (χ1) is 14.7. The summed E-state index contributed by atoms with van der Waals surface area (Å²) < 4.78 is 7.52. The van der Waals surface area contributed by atoms with Crippen molar-refractivity contribution >= 4 is 11.5 Å². The lowest BCUT2D eigenvalue weighted by Gasteiger charge is -2.24. The average molecular weight is 400 g/mol. The predicted octanol–water partition coefficient (Wildman–Crippen LogP) is 4.62. The number of β-amino-alcohol motifs (C(OH)–C–C–N with tert-alkyl or cyclic N) is 1. The minimum Gasteiger partial charge on any atom is -0.497 e. The second-order valence-electron chi connectivity index (χ2n) is 8.07. The summed E-state index contributed by atoms with van der Waals surface area (Å²) >= 11 is 0. The zero-order valence-corrected chi connectivity index (χ0v) is 17.3. The second-order valence-corrected chi connectivity index (χ2v) is 8.07. The minimum absolute atomic E-state index is 0.527. The number of benzene rings is 3. The Bertz CT molecular complexity index is 1060. The van der Waals surface area contributed by atoms with Crippen LogP contribution in [0.4, 0.5) is 5.69 Å². The lowest BCUT2D eigenvalue weighted by molar-refractivity contribution is -0.661. The summed E-state index contributed by atoms with van der Waals surface area (Å²) in [6.45, 7) is 1.40. The Labute approximate surface area is 177 Å². The average Bonchev–Trinajstić information content (AvgIpc) is 3.14. The molecule has 0 bridgehead atoms. The molecule has 0 saturated carbocycles. The van der Waals surface area contributed by atoms with Gasteiger partial charge in [0.15, 0.2) is 6.54 Å². The number of ether oxygens (including phenoxy) is 1. The van der Waals surface area contributed by atoms with Gasteiger partial charge in [-0.25, -0.2) is 9.48 Å². The van der Waals surface area contributed by atoms with E-state index >= 15 is 0 Å². The Kier molecular flexibility index (Phi) is 4.80. The van der Waals surface area contributed by atoms with Crippen LogP contribution in [0, 0.1) is 0 Å².